The van der Waals surface area contributed by atoms with Gasteiger partial charge < -0.3 is 19.5 Å². The number of nitrogens with zero attached hydrogens (tertiary/aromatic N) is 3. The van der Waals surface area contributed by atoms with Crippen molar-refractivity contribution >= 4 is 12.0 Å². The number of H-pyrrole nitrogens is 1. The van der Waals surface area contributed by atoms with Gasteiger partial charge in [-0.15, -0.1) is 0 Å². The summed E-state index contributed by atoms with van der Waals surface area (Å²) in [5.74, 6) is 0.215. The van der Waals surface area contributed by atoms with Crippen LogP contribution in [0.2, 0.25) is 0 Å². The zero-order chi connectivity index (χ0) is 19.5. The minimum Gasteiger partial charge on any atom is -0.449 e. The van der Waals surface area contributed by atoms with E-state index in [1.165, 1.54) is 0 Å². The Morgan fingerprint density at radius 1 is 1.33 bits per heavy atom. The van der Waals surface area contributed by atoms with Crippen LogP contribution in [0.5, 0.6) is 0 Å². The second kappa shape index (κ2) is 7.90. The van der Waals surface area contributed by atoms with Crippen LogP contribution in [0.3, 0.4) is 0 Å². The summed E-state index contributed by atoms with van der Waals surface area (Å²) in [6, 6.07) is 0. The molecule has 2 saturated heterocycles. The molecule has 0 unspecified atom stereocenters. The van der Waals surface area contributed by atoms with Crippen LogP contribution >= 0.6 is 0 Å². The first-order valence-corrected chi connectivity index (χ1v) is 9.93. The van der Waals surface area contributed by atoms with E-state index in [-0.39, 0.29) is 22.8 Å². The first kappa shape index (κ1) is 19.7. The number of carbonyl (C=O) groups excluding carboxylic acids is 2. The highest BCUT2D eigenvalue weighted by atomic mass is 16.6. The molecule has 0 bridgehead atoms. The lowest BCUT2D eigenvalue weighted by molar-refractivity contribution is -0.139. The minimum absolute atomic E-state index is 0.000891. The van der Waals surface area contributed by atoms with E-state index in [2.05, 4.69) is 30.7 Å². The quantitative estimate of drug-likeness (QED) is 0.876. The van der Waals surface area contributed by atoms with Crippen LogP contribution in [0.4, 0.5) is 4.79 Å². The molecule has 0 saturated carbocycles. The van der Waals surface area contributed by atoms with Gasteiger partial charge in [0.15, 0.2) is 0 Å². The molecule has 2 amide bonds. The van der Waals surface area contributed by atoms with E-state index in [1.807, 2.05) is 9.80 Å². The van der Waals surface area contributed by atoms with Crippen molar-refractivity contribution in [1.29, 1.82) is 0 Å². The van der Waals surface area contributed by atoms with E-state index in [1.54, 1.807) is 12.5 Å². The van der Waals surface area contributed by atoms with Gasteiger partial charge in [0.2, 0.25) is 5.91 Å². The molecule has 0 radical (unpaired) electrons. The van der Waals surface area contributed by atoms with Crippen molar-refractivity contribution in [2.75, 3.05) is 32.8 Å². The van der Waals surface area contributed by atoms with Crippen LogP contribution in [0, 0.1) is 10.8 Å². The number of hydrogen-bond acceptors (Lipinski definition) is 4. The molecule has 2 fully saturated rings. The van der Waals surface area contributed by atoms with Crippen molar-refractivity contribution in [2.45, 2.75) is 52.9 Å². The Labute approximate surface area is 161 Å². The number of aromatic nitrogens is 2. The van der Waals surface area contributed by atoms with Gasteiger partial charge in [0.05, 0.1) is 12.9 Å². The second-order valence-electron chi connectivity index (χ2n) is 9.28. The van der Waals surface area contributed by atoms with Gasteiger partial charge in [0.1, 0.15) is 0 Å². The van der Waals surface area contributed by atoms with E-state index >= 15 is 0 Å². The first-order valence-electron chi connectivity index (χ1n) is 9.93. The first-order chi connectivity index (χ1) is 12.8. The summed E-state index contributed by atoms with van der Waals surface area (Å²) in [5, 5.41) is 0. The van der Waals surface area contributed by atoms with Crippen molar-refractivity contribution < 1.29 is 14.3 Å². The topological polar surface area (TPSA) is 78.5 Å². The number of rotatable bonds is 4. The van der Waals surface area contributed by atoms with Gasteiger partial charge in [-0.3, -0.25) is 4.79 Å². The van der Waals surface area contributed by atoms with Gasteiger partial charge in [0.25, 0.3) is 0 Å². The Hall–Kier alpha value is -2.05. The van der Waals surface area contributed by atoms with Crippen LogP contribution in [-0.4, -0.2) is 64.6 Å². The molecular formula is C20H32N4O3. The predicted molar refractivity (Wildman–Crippen MR) is 102 cm³/mol. The molecule has 2 aliphatic heterocycles. The third-order valence-electron chi connectivity index (χ3n) is 5.50. The van der Waals surface area contributed by atoms with Crippen molar-refractivity contribution in [2.24, 2.45) is 10.8 Å². The fourth-order valence-corrected chi connectivity index (χ4v) is 4.05. The molecule has 1 spiro atoms. The number of ether oxygens (including phenoxy) is 1. The van der Waals surface area contributed by atoms with Crippen molar-refractivity contribution in [3.8, 4) is 0 Å². The molecule has 0 aliphatic carbocycles. The number of nitrogens with one attached hydrogen (secondary N) is 1. The number of aromatic amines is 1. The molecule has 3 heterocycles. The molecule has 1 aromatic heterocycles. The molecule has 7 nitrogen and oxygen atoms in total. The largest absolute Gasteiger partial charge is 0.449 e. The number of piperidine rings is 2. The highest BCUT2D eigenvalue weighted by molar-refractivity contribution is 5.77. The van der Waals surface area contributed by atoms with Crippen LogP contribution < -0.4 is 0 Å². The summed E-state index contributed by atoms with van der Waals surface area (Å²) in [4.78, 5) is 35.9. The lowest BCUT2D eigenvalue weighted by atomic mass is 9.73. The molecule has 1 atom stereocenters. The maximum absolute atomic E-state index is 12.5. The standard InChI is InChI=1S/C20H32N4O3/c1-19(2,3)14-27-18(26)24-9-4-7-20(13-24)8-5-17(25)23(12-20)10-6-16-11-21-15-22-16/h11,15H,4-10,12-14H2,1-3H3,(H,21,22)/t20-/m1/s1. The predicted octanol–water partition coefficient (Wildman–Crippen LogP) is 2.84. The Kier molecular flexibility index (Phi) is 5.77. The Morgan fingerprint density at radius 2 is 2.15 bits per heavy atom. The minimum atomic E-state index is -0.218. The monoisotopic (exact) mass is 376 g/mol. The fourth-order valence-electron chi connectivity index (χ4n) is 4.05. The Balaban J connectivity index is 1.58. The molecule has 2 aliphatic rings. The van der Waals surface area contributed by atoms with Gasteiger partial charge in [-0.25, -0.2) is 9.78 Å². The number of likely N-dealkylation sites (tertiary alicyclic amines) is 2. The third kappa shape index (κ3) is 5.23. The average molecular weight is 377 g/mol. The Bertz CT molecular complexity index is 653. The molecule has 150 valence electrons. The number of carbonyl (C=O) groups is 2. The molecule has 3 rings (SSSR count). The second-order valence-corrected chi connectivity index (χ2v) is 9.28. The Morgan fingerprint density at radius 3 is 2.85 bits per heavy atom. The van der Waals surface area contributed by atoms with Crippen LogP contribution in [0.15, 0.2) is 12.5 Å². The van der Waals surface area contributed by atoms with Gasteiger partial charge in [0, 0.05) is 56.3 Å². The maximum Gasteiger partial charge on any atom is 0.409 e. The van der Waals surface area contributed by atoms with E-state index in [0.717, 1.165) is 44.5 Å². The summed E-state index contributed by atoms with van der Waals surface area (Å²) in [6.07, 6.45) is 7.47. The van der Waals surface area contributed by atoms with Crippen molar-refractivity contribution in [3.63, 3.8) is 0 Å². The van der Waals surface area contributed by atoms with Gasteiger partial charge in [-0.2, -0.15) is 0 Å². The lowest BCUT2D eigenvalue weighted by Crippen LogP contribution is -2.55. The third-order valence-corrected chi connectivity index (χ3v) is 5.50. The molecular weight excluding hydrogens is 344 g/mol. The van der Waals surface area contributed by atoms with E-state index in [4.69, 9.17) is 4.74 Å². The zero-order valence-corrected chi connectivity index (χ0v) is 16.8. The van der Waals surface area contributed by atoms with Crippen LogP contribution in [-0.2, 0) is 16.0 Å². The zero-order valence-electron chi connectivity index (χ0n) is 16.8. The van der Waals surface area contributed by atoms with E-state index < -0.39 is 0 Å². The molecule has 7 heteroatoms. The van der Waals surface area contributed by atoms with E-state index in [9.17, 15) is 9.59 Å². The summed E-state index contributed by atoms with van der Waals surface area (Å²) in [7, 11) is 0. The SMILES string of the molecule is CC(C)(C)COC(=O)N1CCC[C@]2(CCC(=O)N(CCc3cnc[nH]3)C2)C1. The molecule has 1 aromatic rings. The number of imidazole rings is 1. The summed E-state index contributed by atoms with van der Waals surface area (Å²) >= 11 is 0. The highest BCUT2D eigenvalue weighted by Gasteiger charge is 2.43. The molecule has 0 aromatic carbocycles. The van der Waals surface area contributed by atoms with Crippen LogP contribution in [0.1, 0.15) is 52.1 Å². The summed E-state index contributed by atoms with van der Waals surface area (Å²) in [5.41, 5.74) is 1.00. The van der Waals surface area contributed by atoms with E-state index in [0.29, 0.717) is 26.1 Å². The smallest absolute Gasteiger partial charge is 0.409 e. The van der Waals surface area contributed by atoms with Gasteiger partial charge >= 0.3 is 6.09 Å². The highest BCUT2D eigenvalue weighted by Crippen LogP contribution is 2.39. The summed E-state index contributed by atoms with van der Waals surface area (Å²) in [6.45, 7) is 9.44. The molecule has 1 N–H and O–H groups in total. The summed E-state index contributed by atoms with van der Waals surface area (Å²) < 4.78 is 5.52. The number of amides is 2. The van der Waals surface area contributed by atoms with Crippen molar-refractivity contribution in [3.05, 3.63) is 18.2 Å². The fraction of sp³-hybridized carbons (Fsp3) is 0.750. The average Bonchev–Trinajstić information content (AvgIpc) is 3.14. The van der Waals surface area contributed by atoms with Gasteiger partial charge in [-0.05, 0) is 24.7 Å². The van der Waals surface area contributed by atoms with Crippen molar-refractivity contribution in [1.82, 2.24) is 19.8 Å². The number of hydrogen-bond donors (Lipinski definition) is 1. The maximum atomic E-state index is 12.5. The molecule has 27 heavy (non-hydrogen) atoms. The lowest BCUT2D eigenvalue weighted by Gasteiger charge is -2.48. The normalized spacial score (nSPS) is 23.7. The van der Waals surface area contributed by atoms with Gasteiger partial charge in [-0.1, -0.05) is 20.8 Å². The van der Waals surface area contributed by atoms with Crippen LogP contribution in [0.25, 0.3) is 0 Å².